The SMILES string of the molecule is CC1(C)OB(c2ccc(-c3ccc(B4OC(C)(C)C(C)(C)O4)c(CBr)c3)cc2CBr)OC1(C)C.CC1(C)OB(c2ccc(-c3ccc(B4OC(C)(C)C(C)(C)O4)c(C[N+](C)(C)C)c3)cc2C[N+](C)(C)C)OC1(C)C.CN(C)C.Cc1cc(-c2ccc(B3OC(C)(C)C(C)(C)O3)c(C)c2)ccc1B1OC(C)(C)C(C)(C)O1.[B]=NS.[Br-].[Br-]. The fourth-order valence-electron chi connectivity index (χ4n) is 13.6. The van der Waals surface area contributed by atoms with E-state index in [2.05, 4.69) is 388 Å². The largest absolute Gasteiger partial charge is 1.00 e. The fraction of sp³-hybridized carbons (Fsp3) is 0.586. The third-order valence-corrected chi connectivity index (χ3v) is 25.9. The van der Waals surface area contributed by atoms with Crippen LogP contribution in [0.2, 0.25) is 0 Å². The first-order valence-corrected chi connectivity index (χ1v) is 42.4. The van der Waals surface area contributed by atoms with E-state index in [9.17, 15) is 0 Å². The van der Waals surface area contributed by atoms with Crippen molar-refractivity contribution in [3.63, 3.8) is 0 Å². The van der Waals surface area contributed by atoms with Crippen molar-refractivity contribution in [3.8, 4) is 33.4 Å². The summed E-state index contributed by atoms with van der Waals surface area (Å²) in [5, 5.41) is 1.44. The Balaban J connectivity index is 0.000000257. The van der Waals surface area contributed by atoms with Gasteiger partial charge in [0.05, 0.1) is 109 Å². The number of quaternary nitrogens is 2. The predicted molar refractivity (Wildman–Crippen MR) is 485 cm³/mol. The second-order valence-corrected chi connectivity index (χ2v) is 41.3. The van der Waals surface area contributed by atoms with Gasteiger partial charge in [0, 0.05) is 21.8 Å². The first kappa shape index (κ1) is 101. The van der Waals surface area contributed by atoms with Gasteiger partial charge < -0.3 is 104 Å². The number of rotatable bonds is 15. The number of halogens is 4. The number of aryl methyl sites for hydroxylation is 2. The first-order chi connectivity index (χ1) is 51.5. The minimum atomic E-state index is -0.389. The summed E-state index contributed by atoms with van der Waals surface area (Å²) in [5.41, 5.74) is 16.3. The average molecular weight is 1850 g/mol. The van der Waals surface area contributed by atoms with Crippen LogP contribution in [0.1, 0.15) is 200 Å². The predicted octanol–water partition coefficient (Wildman–Crippen LogP) is 9.04. The van der Waals surface area contributed by atoms with Crippen LogP contribution in [0.15, 0.2) is 113 Å². The Morgan fingerprint density at radius 1 is 0.304 bits per heavy atom. The van der Waals surface area contributed by atoms with Gasteiger partial charge in [-0.25, -0.2) is 0 Å². The molecule has 28 heteroatoms. The van der Waals surface area contributed by atoms with Gasteiger partial charge in [-0.3, -0.25) is 0 Å². The Hall–Kier alpha value is -2.76. The molecule has 0 aromatic heterocycles. The maximum absolute atomic E-state index is 6.47. The fourth-order valence-corrected chi connectivity index (χ4v) is 14.6. The van der Waals surface area contributed by atoms with Crippen molar-refractivity contribution in [2.45, 2.75) is 271 Å². The molecule has 115 heavy (non-hydrogen) atoms. The van der Waals surface area contributed by atoms with Gasteiger partial charge in [-0.2, -0.15) is 0 Å². The first-order valence-electron chi connectivity index (χ1n) is 39.8. The molecule has 6 aliphatic heterocycles. The van der Waals surface area contributed by atoms with Gasteiger partial charge in [0.2, 0.25) is 0 Å². The second-order valence-electron chi connectivity index (χ2n) is 39.9. The van der Waals surface area contributed by atoms with E-state index in [1.54, 1.807) is 0 Å². The molecule has 0 unspecified atom stereocenters. The monoisotopic (exact) mass is 1850 g/mol. The Morgan fingerprint density at radius 3 is 0.600 bits per heavy atom. The van der Waals surface area contributed by atoms with Crippen LogP contribution in [0.5, 0.6) is 0 Å². The molecule has 0 aliphatic carbocycles. The van der Waals surface area contributed by atoms with Crippen LogP contribution in [0, 0.1) is 13.8 Å². The van der Waals surface area contributed by atoms with Crippen LogP contribution < -0.4 is 66.7 Å². The van der Waals surface area contributed by atoms with E-state index in [-0.39, 0.29) is 144 Å². The number of benzene rings is 6. The quantitative estimate of drug-likeness (QED) is 0.0456. The molecule has 0 N–H and O–H groups in total. The third kappa shape index (κ3) is 23.2. The van der Waals surface area contributed by atoms with Crippen LogP contribution in [-0.4, -0.2) is 195 Å². The molecular formula is C87H132B7Br4N4O12S. The van der Waals surface area contributed by atoms with Gasteiger partial charge in [0.1, 0.15) is 13.1 Å². The van der Waals surface area contributed by atoms with E-state index in [1.165, 1.54) is 33.4 Å². The van der Waals surface area contributed by atoms with Gasteiger partial charge in [-0.05, 0) is 291 Å². The number of hydrogen-bond acceptors (Lipinski definition) is 15. The van der Waals surface area contributed by atoms with Crippen LogP contribution in [0.3, 0.4) is 0 Å². The van der Waals surface area contributed by atoms with E-state index >= 15 is 0 Å². The number of hydrogen-bond donors (Lipinski definition) is 1. The van der Waals surface area contributed by atoms with Crippen molar-refractivity contribution in [2.24, 2.45) is 4.30 Å². The smallest absolute Gasteiger partial charge is 1.00 e. The summed E-state index contributed by atoms with van der Waals surface area (Å²) in [5.74, 6) is 0. The maximum atomic E-state index is 6.47. The normalized spacial score (nSPS) is 21.0. The summed E-state index contributed by atoms with van der Waals surface area (Å²) in [4.78, 5) is 2.00. The average Bonchev–Trinajstić information content (AvgIpc) is 1.64. The van der Waals surface area contributed by atoms with Crippen molar-refractivity contribution in [1.29, 1.82) is 0 Å². The number of nitrogens with zero attached hydrogens (tertiary/aromatic N) is 4. The Bertz CT molecular complexity index is 4010. The summed E-state index contributed by atoms with van der Waals surface area (Å²) in [6.45, 7) is 56.2. The van der Waals surface area contributed by atoms with Crippen molar-refractivity contribution < 1.29 is 98.8 Å². The molecule has 6 saturated heterocycles. The van der Waals surface area contributed by atoms with Crippen molar-refractivity contribution in [1.82, 2.24) is 4.90 Å². The minimum Gasteiger partial charge on any atom is -1.00 e. The molecule has 16 nitrogen and oxygen atoms in total. The molecule has 0 atom stereocenters. The molecule has 6 aromatic carbocycles. The topological polar surface area (TPSA) is 126 Å². The van der Waals surface area contributed by atoms with E-state index in [0.29, 0.717) is 0 Å². The van der Waals surface area contributed by atoms with Crippen LogP contribution in [0.25, 0.3) is 33.4 Å². The molecule has 0 amide bonds. The summed E-state index contributed by atoms with van der Waals surface area (Å²) >= 11 is 10.5. The van der Waals surface area contributed by atoms with Gasteiger partial charge in [-0.1, -0.05) is 140 Å². The summed E-state index contributed by atoms with van der Waals surface area (Å²) in [7, 11) is 21.4. The van der Waals surface area contributed by atoms with E-state index in [0.717, 1.165) is 98.9 Å². The molecule has 0 spiro atoms. The van der Waals surface area contributed by atoms with Gasteiger partial charge in [-0.15, -0.1) is 0 Å². The molecule has 6 aliphatic rings. The van der Waals surface area contributed by atoms with E-state index < -0.39 is 0 Å². The molecule has 6 fully saturated rings. The van der Waals surface area contributed by atoms with Crippen LogP contribution in [-0.2, 0) is 79.6 Å². The van der Waals surface area contributed by atoms with Gasteiger partial charge in [0.15, 0.2) is 0 Å². The molecule has 0 bridgehead atoms. The van der Waals surface area contributed by atoms with Gasteiger partial charge in [0.25, 0.3) is 0 Å². The molecule has 12 rings (SSSR count). The zero-order chi connectivity index (χ0) is 85.2. The molecule has 6 heterocycles. The zero-order valence-corrected chi connectivity index (χ0v) is 83.1. The second kappa shape index (κ2) is 37.0. The van der Waals surface area contributed by atoms with Crippen LogP contribution >= 0.6 is 44.7 Å². The molecule has 0 saturated carbocycles. The Kier molecular flexibility index (Phi) is 32.5. The van der Waals surface area contributed by atoms with Crippen molar-refractivity contribution in [2.75, 3.05) is 63.4 Å². The van der Waals surface area contributed by atoms with Crippen LogP contribution in [0.4, 0.5) is 0 Å². The molecule has 6 aromatic rings. The summed E-state index contributed by atoms with van der Waals surface area (Å²) in [6, 6.07) is 39.4. The van der Waals surface area contributed by atoms with Crippen molar-refractivity contribution in [3.05, 3.63) is 143 Å². The number of thiol groups is 1. The summed E-state index contributed by atoms with van der Waals surface area (Å²) < 4.78 is 80.4. The van der Waals surface area contributed by atoms with E-state index in [4.69, 9.17) is 55.9 Å². The Morgan fingerprint density at radius 2 is 0.443 bits per heavy atom. The van der Waals surface area contributed by atoms with Gasteiger partial charge >= 0.3 is 67.5 Å². The molecule has 1 radical (unpaired) electrons. The summed E-state index contributed by atoms with van der Waals surface area (Å²) in [6.07, 6.45) is 0. The van der Waals surface area contributed by atoms with E-state index in [1.807, 2.05) is 26.0 Å². The minimum absolute atomic E-state index is 0. The molecular weight excluding hydrogens is 1720 g/mol. The standard InChI is InChI=1S/C32H52B2N2O4.C26H34B2Br2O4.C26H36B2O4.C3H9N.BHNS.2BrH/c1-29(2)30(3,4)38-33(37-29)27-17-15-23(19-25(27)21-35(9,10)11)24-16-18-28(26(20-24)22-36(12,13)14)34-39-31(5,6)32(7,8)40-34;1-23(2)24(3,4)32-27(31-23)21-11-9-17(13-19(21)15-29)18-10-12-22(20(14-18)16-30)28-33-25(5,6)26(7,8)34-28;1-17-15-19(11-13-21(17)27-29-23(3,4)24(5,6)30-27)20-12-14-22(18(2)16-20)28-31-25(7,8)26(9,10)32-28;1-4(2)3;1-2-3;;/h15-20H,21-22H2,1-14H3;9-14H,15-16H2,1-8H3;11-16H,1-10H3;1-3H3;3H;2*1H/q+2;;;;;;/p-2. The maximum Gasteiger partial charge on any atom is -1.00 e. The number of alkyl halides is 2. The third-order valence-electron chi connectivity index (χ3n) is 24.7. The van der Waals surface area contributed by atoms with Crippen molar-refractivity contribution >= 4 is 128 Å². The zero-order valence-electron chi connectivity index (χ0n) is 75.9. The molecule has 627 valence electrons. The Labute approximate surface area is 740 Å².